The van der Waals surface area contributed by atoms with E-state index in [9.17, 15) is 0 Å². The first-order valence-electron chi connectivity index (χ1n) is 5.34. The Kier molecular flexibility index (Phi) is 1.77. The monoisotopic (exact) mass is 189 g/mol. The summed E-state index contributed by atoms with van der Waals surface area (Å²) in [7, 11) is 0. The summed E-state index contributed by atoms with van der Waals surface area (Å²) in [6, 6.07) is 5.12. The van der Waals surface area contributed by atoms with Crippen LogP contribution in [0.2, 0.25) is 0 Å². The van der Waals surface area contributed by atoms with Gasteiger partial charge in [-0.25, -0.2) is 0 Å². The van der Waals surface area contributed by atoms with E-state index in [1.165, 1.54) is 23.1 Å². The molecular weight excluding hydrogens is 174 g/mol. The molecule has 0 aromatic heterocycles. The van der Waals surface area contributed by atoms with Gasteiger partial charge in [0.05, 0.1) is 6.61 Å². The standard InChI is InChI=1S/C12H15NO/c1-8-6-12-9(3-5-14-12)7-10(8)11-2-4-13-11/h6-7,11,13H,2-5H2,1H3. The molecule has 2 heterocycles. The maximum absolute atomic E-state index is 5.55. The van der Waals surface area contributed by atoms with E-state index in [1.807, 2.05) is 0 Å². The number of rotatable bonds is 1. The molecule has 1 aromatic rings. The topological polar surface area (TPSA) is 21.3 Å². The third-order valence-corrected chi connectivity index (χ3v) is 3.28. The van der Waals surface area contributed by atoms with Crippen molar-refractivity contribution in [2.45, 2.75) is 25.8 Å². The number of ether oxygens (including phenoxy) is 1. The molecule has 0 amide bonds. The molecule has 0 radical (unpaired) electrons. The number of fused-ring (bicyclic) bond motifs is 1. The van der Waals surface area contributed by atoms with Gasteiger partial charge >= 0.3 is 0 Å². The molecule has 2 nitrogen and oxygen atoms in total. The molecule has 2 aliphatic heterocycles. The van der Waals surface area contributed by atoms with Gasteiger partial charge in [0.15, 0.2) is 0 Å². The first kappa shape index (κ1) is 8.30. The second kappa shape index (κ2) is 2.99. The molecule has 0 bridgehead atoms. The molecule has 0 saturated carbocycles. The van der Waals surface area contributed by atoms with E-state index in [-0.39, 0.29) is 0 Å². The Morgan fingerprint density at radius 2 is 2.29 bits per heavy atom. The lowest BCUT2D eigenvalue weighted by Gasteiger charge is -2.29. The van der Waals surface area contributed by atoms with Crippen molar-refractivity contribution in [3.8, 4) is 5.75 Å². The molecule has 1 N–H and O–H groups in total. The van der Waals surface area contributed by atoms with Gasteiger partial charge in [-0.1, -0.05) is 6.07 Å². The lowest BCUT2D eigenvalue weighted by atomic mass is 9.92. The zero-order valence-corrected chi connectivity index (χ0v) is 8.47. The molecule has 3 rings (SSSR count). The smallest absolute Gasteiger partial charge is 0.122 e. The van der Waals surface area contributed by atoms with E-state index < -0.39 is 0 Å². The number of nitrogens with one attached hydrogen (secondary N) is 1. The second-order valence-corrected chi connectivity index (χ2v) is 4.21. The third-order valence-electron chi connectivity index (χ3n) is 3.28. The normalized spacial score (nSPS) is 23.9. The predicted octanol–water partition coefficient (Wildman–Crippen LogP) is 1.96. The first-order valence-corrected chi connectivity index (χ1v) is 5.34. The van der Waals surface area contributed by atoms with Crippen LogP contribution < -0.4 is 10.1 Å². The highest BCUT2D eigenvalue weighted by Gasteiger charge is 2.23. The number of hydrogen-bond donors (Lipinski definition) is 1. The van der Waals surface area contributed by atoms with E-state index in [4.69, 9.17) is 4.74 Å². The number of hydrogen-bond acceptors (Lipinski definition) is 2. The van der Waals surface area contributed by atoms with E-state index >= 15 is 0 Å². The molecule has 74 valence electrons. The molecule has 2 aliphatic rings. The highest BCUT2D eigenvalue weighted by atomic mass is 16.5. The summed E-state index contributed by atoms with van der Waals surface area (Å²) in [6.07, 6.45) is 2.36. The summed E-state index contributed by atoms with van der Waals surface area (Å²) in [5.74, 6) is 1.10. The second-order valence-electron chi connectivity index (χ2n) is 4.21. The largest absolute Gasteiger partial charge is 0.493 e. The number of aryl methyl sites for hydroxylation is 1. The fourth-order valence-electron chi connectivity index (χ4n) is 2.28. The van der Waals surface area contributed by atoms with E-state index in [1.54, 1.807) is 0 Å². The van der Waals surface area contributed by atoms with Crippen LogP contribution in [0.3, 0.4) is 0 Å². The minimum Gasteiger partial charge on any atom is -0.493 e. The van der Waals surface area contributed by atoms with Crippen molar-refractivity contribution < 1.29 is 4.74 Å². The molecule has 1 fully saturated rings. The third kappa shape index (κ3) is 1.14. The Hall–Kier alpha value is -1.02. The Labute approximate surface area is 84.3 Å². The van der Waals surface area contributed by atoms with Crippen LogP contribution in [0.4, 0.5) is 0 Å². The zero-order chi connectivity index (χ0) is 9.54. The minimum absolute atomic E-state index is 0.598. The summed E-state index contributed by atoms with van der Waals surface area (Å²) < 4.78 is 5.55. The quantitative estimate of drug-likeness (QED) is 0.729. The van der Waals surface area contributed by atoms with Crippen LogP contribution in [-0.4, -0.2) is 13.2 Å². The van der Waals surface area contributed by atoms with Crippen LogP contribution in [-0.2, 0) is 6.42 Å². The molecule has 1 atom stereocenters. The van der Waals surface area contributed by atoms with E-state index in [0.717, 1.165) is 25.3 Å². The molecule has 2 heteroatoms. The average molecular weight is 189 g/mol. The molecular formula is C12H15NO. The summed E-state index contributed by atoms with van der Waals surface area (Å²) in [5, 5.41) is 3.45. The fraction of sp³-hybridized carbons (Fsp3) is 0.500. The zero-order valence-electron chi connectivity index (χ0n) is 8.47. The predicted molar refractivity (Wildman–Crippen MR) is 55.7 cm³/mol. The van der Waals surface area contributed by atoms with Gasteiger partial charge in [-0.3, -0.25) is 0 Å². The Morgan fingerprint density at radius 3 is 3.00 bits per heavy atom. The highest BCUT2D eigenvalue weighted by molar-refractivity contribution is 5.45. The Balaban J connectivity index is 2.03. The van der Waals surface area contributed by atoms with Crippen LogP contribution >= 0.6 is 0 Å². The van der Waals surface area contributed by atoms with Gasteiger partial charge < -0.3 is 10.1 Å². The van der Waals surface area contributed by atoms with Gasteiger partial charge in [-0.05, 0) is 42.6 Å². The van der Waals surface area contributed by atoms with Crippen LogP contribution in [0.1, 0.15) is 29.2 Å². The van der Waals surface area contributed by atoms with Crippen molar-refractivity contribution in [2.75, 3.05) is 13.2 Å². The van der Waals surface area contributed by atoms with Gasteiger partial charge in [-0.15, -0.1) is 0 Å². The van der Waals surface area contributed by atoms with E-state index in [2.05, 4.69) is 24.4 Å². The average Bonchev–Trinajstić information content (AvgIpc) is 2.48. The molecule has 0 spiro atoms. The van der Waals surface area contributed by atoms with Crippen LogP contribution in [0.15, 0.2) is 12.1 Å². The molecule has 1 unspecified atom stereocenters. The summed E-state index contributed by atoms with van der Waals surface area (Å²) in [6.45, 7) is 4.20. The lowest BCUT2D eigenvalue weighted by Crippen LogP contribution is -2.35. The fourth-order valence-corrected chi connectivity index (χ4v) is 2.28. The van der Waals surface area contributed by atoms with Crippen molar-refractivity contribution in [2.24, 2.45) is 0 Å². The van der Waals surface area contributed by atoms with Gasteiger partial charge in [0, 0.05) is 12.5 Å². The molecule has 1 aromatic carbocycles. The van der Waals surface area contributed by atoms with Gasteiger partial charge in [-0.2, -0.15) is 0 Å². The Bertz CT molecular complexity index is 369. The van der Waals surface area contributed by atoms with Gasteiger partial charge in [0.25, 0.3) is 0 Å². The summed E-state index contributed by atoms with van der Waals surface area (Å²) in [5.41, 5.74) is 4.22. The SMILES string of the molecule is Cc1cc2c(cc1C1CCN1)CCO2. The van der Waals surface area contributed by atoms with Crippen molar-refractivity contribution >= 4 is 0 Å². The molecule has 0 aliphatic carbocycles. The van der Waals surface area contributed by atoms with Gasteiger partial charge in [0.1, 0.15) is 5.75 Å². The molecule has 1 saturated heterocycles. The number of benzene rings is 1. The summed E-state index contributed by atoms with van der Waals surface area (Å²) >= 11 is 0. The van der Waals surface area contributed by atoms with E-state index in [0.29, 0.717) is 6.04 Å². The minimum atomic E-state index is 0.598. The van der Waals surface area contributed by atoms with Crippen molar-refractivity contribution in [3.63, 3.8) is 0 Å². The van der Waals surface area contributed by atoms with Crippen LogP contribution in [0, 0.1) is 6.92 Å². The maximum Gasteiger partial charge on any atom is 0.122 e. The maximum atomic E-state index is 5.55. The van der Waals surface area contributed by atoms with Crippen molar-refractivity contribution in [1.29, 1.82) is 0 Å². The highest BCUT2D eigenvalue weighted by Crippen LogP contribution is 2.33. The van der Waals surface area contributed by atoms with Crippen molar-refractivity contribution in [3.05, 3.63) is 28.8 Å². The van der Waals surface area contributed by atoms with Gasteiger partial charge in [0.2, 0.25) is 0 Å². The molecule has 14 heavy (non-hydrogen) atoms. The van der Waals surface area contributed by atoms with Crippen LogP contribution in [0.5, 0.6) is 5.75 Å². The van der Waals surface area contributed by atoms with Crippen molar-refractivity contribution in [1.82, 2.24) is 5.32 Å². The first-order chi connectivity index (χ1) is 6.84. The lowest BCUT2D eigenvalue weighted by molar-refractivity contribution is 0.356. The summed E-state index contributed by atoms with van der Waals surface area (Å²) in [4.78, 5) is 0. The van der Waals surface area contributed by atoms with Crippen LogP contribution in [0.25, 0.3) is 0 Å². The Morgan fingerprint density at radius 1 is 1.43 bits per heavy atom.